The van der Waals surface area contributed by atoms with E-state index in [9.17, 15) is 4.39 Å². The van der Waals surface area contributed by atoms with Crippen LogP contribution in [0.2, 0.25) is 0 Å². The van der Waals surface area contributed by atoms with E-state index >= 15 is 0 Å². The molecule has 0 amide bonds. The molecule has 0 aliphatic carbocycles. The predicted octanol–water partition coefficient (Wildman–Crippen LogP) is 3.28. The second kappa shape index (κ2) is 6.41. The van der Waals surface area contributed by atoms with Crippen LogP contribution in [0.1, 0.15) is 57.7 Å². The van der Waals surface area contributed by atoms with Crippen LogP contribution in [0.4, 0.5) is 4.39 Å². The van der Waals surface area contributed by atoms with Crippen molar-refractivity contribution in [1.29, 1.82) is 0 Å². The normalized spacial score (nSPS) is 29.8. The Balaban J connectivity index is 1.78. The summed E-state index contributed by atoms with van der Waals surface area (Å²) in [5.41, 5.74) is 1.01. The second-order valence-electron chi connectivity index (χ2n) is 6.42. The van der Waals surface area contributed by atoms with Gasteiger partial charge in [0.2, 0.25) is 0 Å². The summed E-state index contributed by atoms with van der Waals surface area (Å²) in [5, 5.41) is 3.71. The van der Waals surface area contributed by atoms with Crippen molar-refractivity contribution in [2.75, 3.05) is 6.54 Å². The predicted molar refractivity (Wildman–Crippen MR) is 82.6 cm³/mol. The van der Waals surface area contributed by atoms with E-state index in [1.807, 2.05) is 6.07 Å². The second-order valence-corrected chi connectivity index (χ2v) is 6.42. The van der Waals surface area contributed by atoms with Gasteiger partial charge in [0.05, 0.1) is 17.9 Å². The molecule has 2 saturated heterocycles. The van der Waals surface area contributed by atoms with Gasteiger partial charge >= 0.3 is 0 Å². The van der Waals surface area contributed by atoms with Crippen molar-refractivity contribution in [3.63, 3.8) is 0 Å². The topological polar surface area (TPSA) is 28.2 Å². The molecule has 2 aliphatic rings. The summed E-state index contributed by atoms with van der Waals surface area (Å²) in [6.07, 6.45) is 7.49. The third kappa shape index (κ3) is 3.11. The Labute approximate surface area is 126 Å². The standard InChI is InChI=1S/C17H26FN3/c1-3-17(16-8-5-12(18)11-19-16)21(4-2)15-9-13-6-7-14(10-15)20-13/h5,8,11,13-15,17,20H,3-4,6-7,9-10H2,1-2H3. The Morgan fingerprint density at radius 1 is 1.29 bits per heavy atom. The highest BCUT2D eigenvalue weighted by Crippen LogP contribution is 2.34. The molecule has 2 fully saturated rings. The lowest BCUT2D eigenvalue weighted by atomic mass is 9.95. The first-order valence-corrected chi connectivity index (χ1v) is 8.34. The molecule has 1 N–H and O–H groups in total. The Kier molecular flexibility index (Phi) is 4.55. The van der Waals surface area contributed by atoms with Crippen LogP contribution in [0.15, 0.2) is 18.3 Å². The zero-order valence-corrected chi connectivity index (χ0v) is 13.1. The number of fused-ring (bicyclic) bond motifs is 2. The van der Waals surface area contributed by atoms with Gasteiger partial charge in [0.1, 0.15) is 5.82 Å². The lowest BCUT2D eigenvalue weighted by Gasteiger charge is -2.41. The molecule has 0 aromatic carbocycles. The monoisotopic (exact) mass is 291 g/mol. The van der Waals surface area contributed by atoms with Crippen molar-refractivity contribution in [2.24, 2.45) is 0 Å². The van der Waals surface area contributed by atoms with Crippen LogP contribution in [-0.4, -0.2) is 34.6 Å². The number of halogens is 1. The number of nitrogens with zero attached hydrogens (tertiary/aromatic N) is 2. The van der Waals surface area contributed by atoms with Gasteiger partial charge in [-0.25, -0.2) is 4.39 Å². The van der Waals surface area contributed by atoms with E-state index in [4.69, 9.17) is 0 Å². The molecule has 21 heavy (non-hydrogen) atoms. The molecule has 0 spiro atoms. The molecule has 0 saturated carbocycles. The van der Waals surface area contributed by atoms with Crippen molar-refractivity contribution >= 4 is 0 Å². The summed E-state index contributed by atoms with van der Waals surface area (Å²) in [7, 11) is 0. The van der Waals surface area contributed by atoms with E-state index in [1.54, 1.807) is 0 Å². The molecule has 0 radical (unpaired) electrons. The first-order valence-electron chi connectivity index (χ1n) is 8.34. The largest absolute Gasteiger partial charge is 0.311 e. The molecular weight excluding hydrogens is 265 g/mol. The van der Waals surface area contributed by atoms with Gasteiger partial charge in [-0.05, 0) is 50.8 Å². The fraction of sp³-hybridized carbons (Fsp3) is 0.706. The smallest absolute Gasteiger partial charge is 0.141 e. The van der Waals surface area contributed by atoms with Gasteiger partial charge in [-0.1, -0.05) is 13.8 Å². The number of aromatic nitrogens is 1. The zero-order chi connectivity index (χ0) is 14.8. The maximum absolute atomic E-state index is 13.1. The minimum Gasteiger partial charge on any atom is -0.311 e. The fourth-order valence-electron chi connectivity index (χ4n) is 4.23. The van der Waals surface area contributed by atoms with Gasteiger partial charge < -0.3 is 5.32 Å². The summed E-state index contributed by atoms with van der Waals surface area (Å²) >= 11 is 0. The van der Waals surface area contributed by atoms with E-state index in [2.05, 4.69) is 29.0 Å². The summed E-state index contributed by atoms with van der Waals surface area (Å²) in [6, 6.07) is 5.71. The molecule has 2 aliphatic heterocycles. The van der Waals surface area contributed by atoms with Gasteiger partial charge in [0.25, 0.3) is 0 Å². The fourth-order valence-corrected chi connectivity index (χ4v) is 4.23. The van der Waals surface area contributed by atoms with Gasteiger partial charge in [0.15, 0.2) is 0 Å². The van der Waals surface area contributed by atoms with Gasteiger partial charge in [-0.2, -0.15) is 0 Å². The number of pyridine rings is 1. The van der Waals surface area contributed by atoms with Gasteiger partial charge in [0, 0.05) is 18.1 Å². The van der Waals surface area contributed by atoms with Crippen LogP contribution in [-0.2, 0) is 0 Å². The Morgan fingerprint density at radius 3 is 2.52 bits per heavy atom. The lowest BCUT2D eigenvalue weighted by Crippen LogP contribution is -2.49. The van der Waals surface area contributed by atoms with Crippen molar-refractivity contribution in [1.82, 2.24) is 15.2 Å². The Hall–Kier alpha value is -1.00. The van der Waals surface area contributed by atoms with Crippen LogP contribution in [0.3, 0.4) is 0 Å². The first kappa shape index (κ1) is 14.9. The molecular formula is C17H26FN3. The van der Waals surface area contributed by atoms with E-state index in [1.165, 1.54) is 37.9 Å². The van der Waals surface area contributed by atoms with Crippen molar-refractivity contribution < 1.29 is 4.39 Å². The molecule has 1 aromatic heterocycles. The van der Waals surface area contributed by atoms with Crippen LogP contribution in [0.5, 0.6) is 0 Å². The van der Waals surface area contributed by atoms with Crippen molar-refractivity contribution in [2.45, 2.75) is 70.1 Å². The van der Waals surface area contributed by atoms with E-state index in [0.29, 0.717) is 24.2 Å². The lowest BCUT2D eigenvalue weighted by molar-refractivity contribution is 0.0945. The highest BCUT2D eigenvalue weighted by Gasteiger charge is 2.37. The number of rotatable bonds is 5. The van der Waals surface area contributed by atoms with E-state index < -0.39 is 0 Å². The van der Waals surface area contributed by atoms with Crippen LogP contribution in [0.25, 0.3) is 0 Å². The zero-order valence-electron chi connectivity index (χ0n) is 13.1. The average molecular weight is 291 g/mol. The molecule has 4 heteroatoms. The van der Waals surface area contributed by atoms with Crippen LogP contribution >= 0.6 is 0 Å². The molecule has 3 unspecified atom stereocenters. The van der Waals surface area contributed by atoms with Crippen LogP contribution < -0.4 is 5.32 Å². The molecule has 2 bridgehead atoms. The summed E-state index contributed by atoms with van der Waals surface area (Å²) in [5.74, 6) is -0.253. The maximum Gasteiger partial charge on any atom is 0.141 e. The molecule has 1 aromatic rings. The first-order chi connectivity index (χ1) is 10.2. The SMILES string of the molecule is CCC(c1ccc(F)cn1)N(CC)C1CC2CCC(C1)N2. The third-order valence-electron chi connectivity index (χ3n) is 5.16. The Morgan fingerprint density at radius 2 is 2.00 bits per heavy atom. The third-order valence-corrected chi connectivity index (χ3v) is 5.16. The molecule has 3 nitrogen and oxygen atoms in total. The maximum atomic E-state index is 13.1. The average Bonchev–Trinajstić information content (AvgIpc) is 2.84. The van der Waals surface area contributed by atoms with E-state index in [-0.39, 0.29) is 5.82 Å². The Bertz CT molecular complexity index is 450. The molecule has 3 rings (SSSR count). The highest BCUT2D eigenvalue weighted by molar-refractivity contribution is 5.11. The molecule has 3 heterocycles. The minimum absolute atomic E-state index is 0.253. The minimum atomic E-state index is -0.253. The van der Waals surface area contributed by atoms with Crippen molar-refractivity contribution in [3.05, 3.63) is 29.8 Å². The van der Waals surface area contributed by atoms with Gasteiger partial charge in [-0.3, -0.25) is 9.88 Å². The summed E-state index contributed by atoms with van der Waals surface area (Å²) in [4.78, 5) is 6.92. The molecule has 3 atom stereocenters. The summed E-state index contributed by atoms with van der Waals surface area (Å²) < 4.78 is 13.1. The quantitative estimate of drug-likeness (QED) is 0.902. The number of hydrogen-bond donors (Lipinski definition) is 1. The highest BCUT2D eigenvalue weighted by atomic mass is 19.1. The number of piperidine rings is 1. The summed E-state index contributed by atoms with van der Waals surface area (Å²) in [6.45, 7) is 5.46. The van der Waals surface area contributed by atoms with Crippen LogP contribution in [0, 0.1) is 5.82 Å². The van der Waals surface area contributed by atoms with Gasteiger partial charge in [-0.15, -0.1) is 0 Å². The van der Waals surface area contributed by atoms with E-state index in [0.717, 1.165) is 18.7 Å². The molecule has 116 valence electrons. The number of nitrogens with one attached hydrogen (secondary N) is 1. The van der Waals surface area contributed by atoms with Crippen molar-refractivity contribution in [3.8, 4) is 0 Å². The number of hydrogen-bond acceptors (Lipinski definition) is 3.